The van der Waals surface area contributed by atoms with Gasteiger partial charge >= 0.3 is 33.3 Å². The van der Waals surface area contributed by atoms with E-state index in [0.29, 0.717) is 18.7 Å². The molecule has 2 heterocycles. The number of fused-ring (bicyclic) bond motifs is 2. The fourth-order valence-electron chi connectivity index (χ4n) is 4.75. The molecule has 0 saturated heterocycles. The summed E-state index contributed by atoms with van der Waals surface area (Å²) in [5.41, 5.74) is 2.79. The Kier molecular flexibility index (Phi) is 24.0. The number of rotatable bonds is 14. The summed E-state index contributed by atoms with van der Waals surface area (Å²) >= 11 is 6.80. The Labute approximate surface area is 363 Å². The summed E-state index contributed by atoms with van der Waals surface area (Å²) in [6.45, 7) is 18.6. The van der Waals surface area contributed by atoms with Gasteiger partial charge in [0, 0.05) is 28.2 Å². The summed E-state index contributed by atoms with van der Waals surface area (Å²) in [6.07, 6.45) is 2.62. The van der Waals surface area contributed by atoms with Gasteiger partial charge in [-0.2, -0.15) is 6.42 Å². The summed E-state index contributed by atoms with van der Waals surface area (Å²) in [5.74, 6) is 1.72. The van der Waals surface area contributed by atoms with Crippen LogP contribution in [0.25, 0.3) is 20.2 Å². The van der Waals surface area contributed by atoms with Gasteiger partial charge in [-0.3, -0.25) is 0 Å². The zero-order valence-electron chi connectivity index (χ0n) is 33.9. The van der Waals surface area contributed by atoms with E-state index in [1.54, 1.807) is 23.5 Å². The molecule has 4 aromatic carbocycles. The summed E-state index contributed by atoms with van der Waals surface area (Å²) in [6, 6.07) is 31.7. The zero-order valence-corrected chi connectivity index (χ0v) is 37.2. The SMILES string of the molecule is Brc1ccc(OCc2ccccc2)c2sccc12.CC(C)OB(OC(C)C)OC(C)C.OB(O)c1ccc(OCc2ccccc2)c2sccc12.[CH2-]CCC.[Li+]. The van der Waals surface area contributed by atoms with Gasteiger partial charge in [0.25, 0.3) is 0 Å². The van der Waals surface area contributed by atoms with Crippen LogP contribution in [0.4, 0.5) is 0 Å². The average molecular weight is 856 g/mol. The molecule has 0 atom stereocenters. The van der Waals surface area contributed by atoms with Crippen molar-refractivity contribution in [1.82, 2.24) is 0 Å². The van der Waals surface area contributed by atoms with E-state index in [4.69, 9.17) is 23.4 Å². The molecule has 0 fully saturated rings. The third kappa shape index (κ3) is 17.5. The Hall–Kier alpha value is -2.59. The molecule has 0 saturated carbocycles. The van der Waals surface area contributed by atoms with Crippen LogP contribution in [0.15, 0.2) is 112 Å². The number of unbranched alkanes of at least 4 members (excludes halogenated alkanes) is 1. The van der Waals surface area contributed by atoms with E-state index in [0.717, 1.165) is 38.0 Å². The Morgan fingerprint density at radius 2 is 1.04 bits per heavy atom. The van der Waals surface area contributed by atoms with Crippen LogP contribution in [0.5, 0.6) is 11.5 Å². The van der Waals surface area contributed by atoms with Crippen molar-refractivity contribution in [2.75, 3.05) is 0 Å². The van der Waals surface area contributed by atoms with E-state index in [1.807, 2.05) is 114 Å². The maximum Gasteiger partial charge on any atom is 1.00 e. The number of ether oxygens (including phenoxy) is 2. The van der Waals surface area contributed by atoms with Gasteiger partial charge in [-0.05, 0) is 105 Å². The monoisotopic (exact) mass is 854 g/mol. The number of hydrogen-bond acceptors (Lipinski definition) is 9. The quantitative estimate of drug-likeness (QED) is 0.0844. The van der Waals surface area contributed by atoms with E-state index in [2.05, 4.69) is 53.4 Å². The van der Waals surface area contributed by atoms with Crippen molar-refractivity contribution in [3.8, 4) is 11.5 Å². The Bertz CT molecular complexity index is 1900. The van der Waals surface area contributed by atoms with E-state index < -0.39 is 14.4 Å². The van der Waals surface area contributed by atoms with Crippen molar-refractivity contribution >= 4 is 78.7 Å². The van der Waals surface area contributed by atoms with Crippen LogP contribution in [-0.2, 0) is 27.2 Å². The zero-order chi connectivity index (χ0) is 40.2. The molecule has 2 N–H and O–H groups in total. The summed E-state index contributed by atoms with van der Waals surface area (Å²) in [7, 11) is -2.00. The Morgan fingerprint density at radius 3 is 1.45 bits per heavy atom. The predicted octanol–water partition coefficient (Wildman–Crippen LogP) is 8.27. The molecule has 6 rings (SSSR count). The third-order valence-corrected chi connectivity index (χ3v) is 9.95. The van der Waals surface area contributed by atoms with Crippen molar-refractivity contribution in [2.45, 2.75) is 92.8 Å². The second-order valence-electron chi connectivity index (χ2n) is 13.1. The fourth-order valence-corrected chi connectivity index (χ4v) is 7.13. The Morgan fingerprint density at radius 1 is 0.625 bits per heavy atom. The molecular weight excluding hydrogens is 801 g/mol. The summed E-state index contributed by atoms with van der Waals surface area (Å²) in [4.78, 5) is 0. The normalized spacial score (nSPS) is 10.5. The van der Waals surface area contributed by atoms with Crippen LogP contribution < -0.4 is 33.8 Å². The van der Waals surface area contributed by atoms with Gasteiger partial charge < -0.3 is 40.4 Å². The fraction of sp³-hybridized carbons (Fsp3) is 0.326. The van der Waals surface area contributed by atoms with Gasteiger partial charge in [-0.15, -0.1) is 22.7 Å². The first-order valence-electron chi connectivity index (χ1n) is 18.5. The van der Waals surface area contributed by atoms with Crippen LogP contribution >= 0.6 is 38.6 Å². The molecular formula is C43H54B2BrLiO7S2. The topological polar surface area (TPSA) is 86.6 Å². The number of benzene rings is 4. The molecule has 294 valence electrons. The van der Waals surface area contributed by atoms with Crippen LogP contribution in [-0.4, -0.2) is 42.8 Å². The second kappa shape index (κ2) is 27.2. The summed E-state index contributed by atoms with van der Waals surface area (Å²) in [5, 5.41) is 24.8. The molecule has 6 aromatic rings. The molecule has 0 aliphatic rings. The maximum atomic E-state index is 9.36. The first-order chi connectivity index (χ1) is 26.4. The second-order valence-corrected chi connectivity index (χ2v) is 15.8. The van der Waals surface area contributed by atoms with Crippen LogP contribution in [0.2, 0.25) is 0 Å². The van der Waals surface area contributed by atoms with Gasteiger partial charge in [0.1, 0.15) is 24.7 Å². The van der Waals surface area contributed by atoms with Gasteiger partial charge in [0.15, 0.2) is 0 Å². The van der Waals surface area contributed by atoms with E-state index >= 15 is 0 Å². The molecule has 2 aromatic heterocycles. The number of hydrogen-bond donors (Lipinski definition) is 2. The minimum Gasteiger partial charge on any atom is -0.487 e. The maximum absolute atomic E-state index is 9.36. The minimum absolute atomic E-state index is 0. The van der Waals surface area contributed by atoms with Crippen LogP contribution in [0.3, 0.4) is 0 Å². The van der Waals surface area contributed by atoms with Gasteiger partial charge in [0.05, 0.1) is 9.40 Å². The summed E-state index contributed by atoms with van der Waals surface area (Å²) < 4.78 is 31.3. The largest absolute Gasteiger partial charge is 1.00 e. The van der Waals surface area contributed by atoms with Crippen molar-refractivity contribution in [2.24, 2.45) is 0 Å². The van der Waals surface area contributed by atoms with Crippen molar-refractivity contribution in [3.05, 3.63) is 130 Å². The molecule has 0 bridgehead atoms. The molecule has 0 aliphatic carbocycles. The van der Waals surface area contributed by atoms with E-state index in [9.17, 15) is 10.0 Å². The van der Waals surface area contributed by atoms with Gasteiger partial charge in [-0.1, -0.05) is 96.0 Å². The smallest absolute Gasteiger partial charge is 0.487 e. The Balaban J connectivity index is 0.000000280. The molecule has 0 spiro atoms. The van der Waals surface area contributed by atoms with Crippen LogP contribution in [0.1, 0.15) is 72.4 Å². The van der Waals surface area contributed by atoms with Crippen LogP contribution in [0, 0.1) is 6.92 Å². The van der Waals surface area contributed by atoms with E-state index in [1.165, 1.54) is 33.4 Å². The standard InChI is InChI=1S/C15H13BO3S.C15H11BrOS.C9H21BO3.C4H9.Li/c17-16(18)13-6-7-14(15-12(13)8-9-20-15)19-10-11-4-2-1-3-5-11;16-13-6-7-14(15-12(13)8-9-18-15)17-10-11-4-2-1-3-5-11;1-7(2)11-10(12-8(3)4)13-9(5)6;1-3-4-2;/h1-9,17-18H,10H2;1-9H,10H2;7-9H,1-6H3;1,3-4H2,2H3;/q;;;-1;+1. The molecule has 7 nitrogen and oxygen atoms in total. The average Bonchev–Trinajstić information content (AvgIpc) is 3.86. The molecule has 0 unspecified atom stereocenters. The minimum atomic E-state index is -1.46. The molecule has 13 heteroatoms. The molecule has 0 amide bonds. The van der Waals surface area contributed by atoms with Crippen molar-refractivity contribution in [1.29, 1.82) is 0 Å². The first-order valence-corrected chi connectivity index (χ1v) is 21.1. The van der Waals surface area contributed by atoms with E-state index in [-0.39, 0.29) is 37.2 Å². The predicted molar refractivity (Wildman–Crippen MR) is 237 cm³/mol. The molecule has 0 aliphatic heterocycles. The van der Waals surface area contributed by atoms with Crippen molar-refractivity contribution in [3.63, 3.8) is 0 Å². The van der Waals surface area contributed by atoms with Gasteiger partial charge in [-0.25, -0.2) is 0 Å². The molecule has 56 heavy (non-hydrogen) atoms. The first kappa shape index (κ1) is 49.6. The number of thiophene rings is 2. The van der Waals surface area contributed by atoms with Gasteiger partial charge in [0.2, 0.25) is 0 Å². The van der Waals surface area contributed by atoms with Crippen molar-refractivity contribution < 1.29 is 52.3 Å². The number of halogens is 1. The third-order valence-electron chi connectivity index (χ3n) is 7.40. The molecule has 0 radical (unpaired) electrons.